The molecule has 0 aliphatic carbocycles. The molecule has 1 atom stereocenters. The van der Waals surface area contributed by atoms with Crippen molar-refractivity contribution in [1.82, 2.24) is 4.90 Å². The van der Waals surface area contributed by atoms with Gasteiger partial charge in [-0.3, -0.25) is 4.90 Å². The molecule has 0 saturated carbocycles. The summed E-state index contributed by atoms with van der Waals surface area (Å²) >= 11 is 3.50. The van der Waals surface area contributed by atoms with Crippen LogP contribution in [0.25, 0.3) is 0 Å². The molecule has 0 spiro atoms. The van der Waals surface area contributed by atoms with Crippen LogP contribution in [-0.2, 0) is 13.0 Å². The first kappa shape index (κ1) is 10.1. The molecular weight excluding hydrogens is 240 g/mol. The van der Waals surface area contributed by atoms with Crippen molar-refractivity contribution in [2.75, 3.05) is 13.6 Å². The maximum Gasteiger partial charge on any atom is 0.0259 e. The predicted molar refractivity (Wildman–Crippen MR) is 62.2 cm³/mol. The topological polar surface area (TPSA) is 29.3 Å². The van der Waals surface area contributed by atoms with Gasteiger partial charge in [0.15, 0.2) is 0 Å². The number of likely N-dealkylation sites (N-methyl/N-ethyl adjacent to an activating group) is 1. The average Bonchev–Trinajstić information content (AvgIpc) is 2.17. The van der Waals surface area contributed by atoms with E-state index in [9.17, 15) is 0 Å². The SMILES string of the molecule is CN1Cc2ccc(Br)cc2C[C@@H]1CN. The van der Waals surface area contributed by atoms with Gasteiger partial charge in [0, 0.05) is 23.6 Å². The molecule has 1 aliphatic rings. The summed E-state index contributed by atoms with van der Waals surface area (Å²) < 4.78 is 1.16. The molecule has 0 bridgehead atoms. The molecule has 0 aromatic heterocycles. The monoisotopic (exact) mass is 254 g/mol. The standard InChI is InChI=1S/C11H15BrN2/c1-14-7-8-2-3-10(12)4-9(8)5-11(14)6-13/h2-4,11H,5-7,13H2,1H3/t11-/m1/s1. The molecule has 0 amide bonds. The molecule has 0 saturated heterocycles. The Morgan fingerprint density at radius 3 is 3.00 bits per heavy atom. The van der Waals surface area contributed by atoms with Gasteiger partial charge >= 0.3 is 0 Å². The zero-order valence-corrected chi connectivity index (χ0v) is 9.92. The molecule has 2 nitrogen and oxygen atoms in total. The van der Waals surface area contributed by atoms with Gasteiger partial charge in [-0.05, 0) is 36.7 Å². The lowest BCUT2D eigenvalue weighted by molar-refractivity contribution is 0.220. The molecule has 2 rings (SSSR count). The highest BCUT2D eigenvalue weighted by molar-refractivity contribution is 9.10. The Morgan fingerprint density at radius 1 is 1.50 bits per heavy atom. The number of fused-ring (bicyclic) bond motifs is 1. The summed E-state index contributed by atoms with van der Waals surface area (Å²) in [5.41, 5.74) is 8.60. The lowest BCUT2D eigenvalue weighted by Gasteiger charge is -2.33. The summed E-state index contributed by atoms with van der Waals surface area (Å²) in [6.45, 7) is 1.76. The van der Waals surface area contributed by atoms with Gasteiger partial charge in [0.2, 0.25) is 0 Å². The zero-order valence-electron chi connectivity index (χ0n) is 8.33. The van der Waals surface area contributed by atoms with Crippen LogP contribution in [0.1, 0.15) is 11.1 Å². The Hall–Kier alpha value is -0.380. The summed E-state index contributed by atoms with van der Waals surface area (Å²) in [5, 5.41) is 0. The lowest BCUT2D eigenvalue weighted by atomic mass is 9.94. The van der Waals surface area contributed by atoms with E-state index in [0.717, 1.165) is 24.0 Å². The molecular formula is C11H15BrN2. The number of hydrogen-bond acceptors (Lipinski definition) is 2. The summed E-state index contributed by atoms with van der Waals surface area (Å²) in [6, 6.07) is 7.01. The zero-order chi connectivity index (χ0) is 10.1. The van der Waals surface area contributed by atoms with E-state index in [1.165, 1.54) is 11.1 Å². The lowest BCUT2D eigenvalue weighted by Crippen LogP contribution is -2.42. The first-order valence-corrected chi connectivity index (χ1v) is 5.67. The second-order valence-corrected chi connectivity index (χ2v) is 4.84. The molecule has 76 valence electrons. The van der Waals surface area contributed by atoms with Gasteiger partial charge < -0.3 is 5.73 Å². The quantitative estimate of drug-likeness (QED) is 0.828. The first-order valence-electron chi connectivity index (χ1n) is 4.88. The molecule has 2 N–H and O–H groups in total. The van der Waals surface area contributed by atoms with Crippen molar-refractivity contribution in [3.05, 3.63) is 33.8 Å². The van der Waals surface area contributed by atoms with Gasteiger partial charge in [0.1, 0.15) is 0 Å². The van der Waals surface area contributed by atoms with Crippen LogP contribution >= 0.6 is 15.9 Å². The summed E-state index contributed by atoms with van der Waals surface area (Å²) in [7, 11) is 2.14. The van der Waals surface area contributed by atoms with E-state index in [4.69, 9.17) is 5.73 Å². The third-order valence-electron chi connectivity index (χ3n) is 2.94. The van der Waals surface area contributed by atoms with Crippen molar-refractivity contribution in [3.63, 3.8) is 0 Å². The van der Waals surface area contributed by atoms with E-state index >= 15 is 0 Å². The third-order valence-corrected chi connectivity index (χ3v) is 3.43. The predicted octanol–water partition coefficient (Wildman–Crippen LogP) is 1.76. The smallest absolute Gasteiger partial charge is 0.0259 e. The Bertz CT molecular complexity index is 338. The van der Waals surface area contributed by atoms with Crippen LogP contribution < -0.4 is 5.73 Å². The highest BCUT2D eigenvalue weighted by atomic mass is 79.9. The Balaban J connectivity index is 2.31. The summed E-state index contributed by atoms with van der Waals surface area (Å²) in [6.07, 6.45) is 1.07. The Labute approximate surface area is 93.2 Å². The first-order chi connectivity index (χ1) is 6.70. The number of hydrogen-bond donors (Lipinski definition) is 1. The van der Waals surface area contributed by atoms with E-state index in [1.54, 1.807) is 0 Å². The third kappa shape index (κ3) is 1.85. The van der Waals surface area contributed by atoms with E-state index in [0.29, 0.717) is 6.04 Å². The van der Waals surface area contributed by atoms with Crippen molar-refractivity contribution in [1.29, 1.82) is 0 Å². The highest BCUT2D eigenvalue weighted by Gasteiger charge is 2.21. The van der Waals surface area contributed by atoms with Crippen LogP contribution in [-0.4, -0.2) is 24.5 Å². The fourth-order valence-electron chi connectivity index (χ4n) is 2.01. The fraction of sp³-hybridized carbons (Fsp3) is 0.455. The van der Waals surface area contributed by atoms with Crippen LogP contribution in [0.2, 0.25) is 0 Å². The van der Waals surface area contributed by atoms with Crippen molar-refractivity contribution in [2.24, 2.45) is 5.73 Å². The van der Waals surface area contributed by atoms with Crippen LogP contribution in [0, 0.1) is 0 Å². The largest absolute Gasteiger partial charge is 0.329 e. The van der Waals surface area contributed by atoms with Crippen LogP contribution in [0.3, 0.4) is 0 Å². The van der Waals surface area contributed by atoms with E-state index in [1.807, 2.05) is 0 Å². The minimum Gasteiger partial charge on any atom is -0.329 e. The number of nitrogens with two attached hydrogens (primary N) is 1. The number of benzene rings is 1. The van der Waals surface area contributed by atoms with E-state index < -0.39 is 0 Å². The van der Waals surface area contributed by atoms with Gasteiger partial charge in [-0.1, -0.05) is 22.0 Å². The Morgan fingerprint density at radius 2 is 2.29 bits per heavy atom. The molecule has 1 aromatic rings. The molecule has 0 fully saturated rings. The molecule has 1 aliphatic heterocycles. The summed E-state index contributed by atoms with van der Waals surface area (Å²) in [5.74, 6) is 0. The molecule has 1 heterocycles. The summed E-state index contributed by atoms with van der Waals surface area (Å²) in [4.78, 5) is 2.33. The van der Waals surface area contributed by atoms with Gasteiger partial charge in [-0.2, -0.15) is 0 Å². The minimum atomic E-state index is 0.497. The van der Waals surface area contributed by atoms with Gasteiger partial charge in [-0.25, -0.2) is 0 Å². The van der Waals surface area contributed by atoms with Gasteiger partial charge in [0.25, 0.3) is 0 Å². The molecule has 0 radical (unpaired) electrons. The van der Waals surface area contributed by atoms with Crippen molar-refractivity contribution >= 4 is 15.9 Å². The minimum absolute atomic E-state index is 0.497. The molecule has 0 unspecified atom stereocenters. The van der Waals surface area contributed by atoms with Crippen LogP contribution in [0.5, 0.6) is 0 Å². The van der Waals surface area contributed by atoms with E-state index in [2.05, 4.69) is 46.1 Å². The molecule has 14 heavy (non-hydrogen) atoms. The maximum atomic E-state index is 5.74. The second-order valence-electron chi connectivity index (χ2n) is 3.92. The molecule has 3 heteroatoms. The molecule has 1 aromatic carbocycles. The van der Waals surface area contributed by atoms with Crippen molar-refractivity contribution in [3.8, 4) is 0 Å². The highest BCUT2D eigenvalue weighted by Crippen LogP contribution is 2.24. The van der Waals surface area contributed by atoms with E-state index in [-0.39, 0.29) is 0 Å². The number of nitrogens with zero attached hydrogens (tertiary/aromatic N) is 1. The second kappa shape index (κ2) is 4.01. The number of rotatable bonds is 1. The van der Waals surface area contributed by atoms with Gasteiger partial charge in [-0.15, -0.1) is 0 Å². The van der Waals surface area contributed by atoms with Crippen LogP contribution in [0.15, 0.2) is 22.7 Å². The van der Waals surface area contributed by atoms with Crippen molar-refractivity contribution in [2.45, 2.75) is 19.0 Å². The van der Waals surface area contributed by atoms with Crippen LogP contribution in [0.4, 0.5) is 0 Å². The maximum absolute atomic E-state index is 5.74. The Kier molecular flexibility index (Phi) is 2.91. The fourth-order valence-corrected chi connectivity index (χ4v) is 2.42. The van der Waals surface area contributed by atoms with Gasteiger partial charge in [0.05, 0.1) is 0 Å². The average molecular weight is 255 g/mol. The normalized spacial score (nSPS) is 22.1. The number of halogens is 1. The van der Waals surface area contributed by atoms with Crippen molar-refractivity contribution < 1.29 is 0 Å².